The lowest BCUT2D eigenvalue weighted by Crippen LogP contribution is -2.00. The van der Waals surface area contributed by atoms with Gasteiger partial charge in [-0.05, 0) is 42.0 Å². The Morgan fingerprint density at radius 1 is 1.24 bits per heavy atom. The average molecular weight is 303 g/mol. The first kappa shape index (κ1) is 14.9. The van der Waals surface area contributed by atoms with E-state index in [-0.39, 0.29) is 16.9 Å². The zero-order valence-electron chi connectivity index (χ0n) is 10.7. The monoisotopic (exact) mass is 303 g/mol. The van der Waals surface area contributed by atoms with Gasteiger partial charge in [-0.15, -0.1) is 0 Å². The van der Waals surface area contributed by atoms with E-state index in [1.54, 1.807) is 6.07 Å². The Morgan fingerprint density at radius 2 is 1.90 bits per heavy atom. The standard InChI is InChI=1S/C15H10FNO3S/c16-14-6-1-10(7-12(14)8-17)9-21(20)13-4-2-11(3-5-13)15(18)19/h1-7H,9H2,(H,18,19). The van der Waals surface area contributed by atoms with Gasteiger partial charge in [0.05, 0.1) is 27.7 Å². The molecular formula is C15H10FNO3S. The lowest BCUT2D eigenvalue weighted by Gasteiger charge is -2.04. The number of nitriles is 1. The molecule has 0 aliphatic carbocycles. The first-order valence-corrected chi connectivity index (χ1v) is 7.23. The Kier molecular flexibility index (Phi) is 4.45. The van der Waals surface area contributed by atoms with E-state index >= 15 is 0 Å². The molecule has 2 rings (SSSR count). The van der Waals surface area contributed by atoms with Crippen LogP contribution in [0.5, 0.6) is 0 Å². The van der Waals surface area contributed by atoms with Crippen LogP contribution in [0, 0.1) is 17.1 Å². The maximum absolute atomic E-state index is 13.2. The van der Waals surface area contributed by atoms with Crippen LogP contribution >= 0.6 is 0 Å². The van der Waals surface area contributed by atoms with Crippen molar-refractivity contribution < 1.29 is 18.5 Å². The molecule has 0 aliphatic rings. The van der Waals surface area contributed by atoms with E-state index in [4.69, 9.17) is 10.4 Å². The summed E-state index contributed by atoms with van der Waals surface area (Å²) in [6, 6.07) is 11.4. The molecule has 2 aromatic carbocycles. The van der Waals surface area contributed by atoms with Crippen molar-refractivity contribution in [2.75, 3.05) is 0 Å². The van der Waals surface area contributed by atoms with Crippen LogP contribution in [0.1, 0.15) is 21.5 Å². The molecule has 1 N–H and O–H groups in total. The minimum Gasteiger partial charge on any atom is -0.478 e. The Morgan fingerprint density at radius 3 is 2.48 bits per heavy atom. The van der Waals surface area contributed by atoms with Crippen LogP contribution in [-0.2, 0) is 16.6 Å². The molecule has 106 valence electrons. The molecule has 0 saturated carbocycles. The van der Waals surface area contributed by atoms with Crippen molar-refractivity contribution in [3.8, 4) is 6.07 Å². The summed E-state index contributed by atoms with van der Waals surface area (Å²) in [6.45, 7) is 0. The van der Waals surface area contributed by atoms with Gasteiger partial charge in [-0.25, -0.2) is 9.18 Å². The largest absolute Gasteiger partial charge is 0.478 e. The summed E-state index contributed by atoms with van der Waals surface area (Å²) in [5.74, 6) is -1.54. The second-order valence-corrected chi connectivity index (χ2v) is 5.70. The number of nitrogens with zero attached hydrogens (tertiary/aromatic N) is 1. The predicted molar refractivity (Wildman–Crippen MR) is 74.6 cm³/mol. The van der Waals surface area contributed by atoms with Crippen molar-refractivity contribution in [2.24, 2.45) is 0 Å². The van der Waals surface area contributed by atoms with Crippen LogP contribution < -0.4 is 0 Å². The first-order valence-electron chi connectivity index (χ1n) is 5.91. The number of aromatic carboxylic acids is 1. The molecule has 0 aliphatic heterocycles. The van der Waals surface area contributed by atoms with Gasteiger partial charge in [-0.3, -0.25) is 4.21 Å². The van der Waals surface area contributed by atoms with Gasteiger partial charge < -0.3 is 5.11 Å². The summed E-state index contributed by atoms with van der Waals surface area (Å²) in [4.78, 5) is 11.2. The number of halogens is 1. The first-order chi connectivity index (χ1) is 10.0. The second-order valence-electron chi connectivity index (χ2n) is 4.25. The molecule has 1 unspecified atom stereocenters. The summed E-state index contributed by atoms with van der Waals surface area (Å²) < 4.78 is 25.4. The van der Waals surface area contributed by atoms with Crippen molar-refractivity contribution in [2.45, 2.75) is 10.6 Å². The Bertz CT molecular complexity index is 751. The van der Waals surface area contributed by atoms with E-state index in [1.165, 1.54) is 42.5 Å². The summed E-state index contributed by atoms with van der Waals surface area (Å²) in [5, 5.41) is 17.5. The molecule has 0 aromatic heterocycles. The highest BCUT2D eigenvalue weighted by Gasteiger charge is 2.09. The fourth-order valence-corrected chi connectivity index (χ4v) is 2.82. The van der Waals surface area contributed by atoms with Gasteiger partial charge in [0.2, 0.25) is 0 Å². The van der Waals surface area contributed by atoms with E-state index < -0.39 is 22.6 Å². The highest BCUT2D eigenvalue weighted by atomic mass is 32.2. The summed E-state index contributed by atoms with van der Waals surface area (Å²) in [6.07, 6.45) is 0. The summed E-state index contributed by atoms with van der Waals surface area (Å²) in [7, 11) is -1.40. The van der Waals surface area contributed by atoms with Gasteiger partial charge in [0.25, 0.3) is 0 Å². The number of carbonyl (C=O) groups is 1. The van der Waals surface area contributed by atoms with Crippen LogP contribution in [0.4, 0.5) is 4.39 Å². The minimum atomic E-state index is -1.40. The highest BCUT2D eigenvalue weighted by Crippen LogP contribution is 2.16. The molecule has 0 bridgehead atoms. The molecular weight excluding hydrogens is 293 g/mol. The maximum Gasteiger partial charge on any atom is 0.335 e. The van der Waals surface area contributed by atoms with Crippen molar-refractivity contribution >= 4 is 16.8 Å². The minimum absolute atomic E-state index is 0.0919. The number of rotatable bonds is 4. The Balaban J connectivity index is 2.18. The van der Waals surface area contributed by atoms with Crippen LogP contribution in [0.2, 0.25) is 0 Å². The molecule has 1 atom stereocenters. The number of carboxylic acid groups (broad SMARTS) is 1. The number of hydrogen-bond donors (Lipinski definition) is 1. The van der Waals surface area contributed by atoms with Crippen LogP contribution in [-0.4, -0.2) is 15.3 Å². The van der Waals surface area contributed by atoms with Crippen molar-refractivity contribution in [1.29, 1.82) is 5.26 Å². The van der Waals surface area contributed by atoms with Crippen molar-refractivity contribution in [3.63, 3.8) is 0 Å². The molecule has 0 radical (unpaired) electrons. The Labute approximate surface area is 122 Å². The molecule has 2 aromatic rings. The maximum atomic E-state index is 13.2. The fourth-order valence-electron chi connectivity index (χ4n) is 1.73. The van der Waals surface area contributed by atoms with E-state index in [2.05, 4.69) is 0 Å². The lowest BCUT2D eigenvalue weighted by atomic mass is 10.1. The predicted octanol–water partition coefficient (Wildman–Crippen LogP) is 2.70. The zero-order valence-corrected chi connectivity index (χ0v) is 11.6. The third kappa shape index (κ3) is 3.52. The van der Waals surface area contributed by atoms with Gasteiger partial charge >= 0.3 is 5.97 Å². The molecule has 0 amide bonds. The van der Waals surface area contributed by atoms with Gasteiger partial charge in [0, 0.05) is 4.90 Å². The number of benzene rings is 2. The quantitative estimate of drug-likeness (QED) is 0.942. The summed E-state index contributed by atoms with van der Waals surface area (Å²) in [5.41, 5.74) is 0.601. The van der Waals surface area contributed by atoms with Gasteiger partial charge in [0.15, 0.2) is 0 Å². The summed E-state index contributed by atoms with van der Waals surface area (Å²) >= 11 is 0. The fraction of sp³-hybridized carbons (Fsp3) is 0.0667. The molecule has 0 spiro atoms. The van der Waals surface area contributed by atoms with Gasteiger partial charge in [-0.1, -0.05) is 6.07 Å². The normalized spacial score (nSPS) is 11.6. The third-order valence-corrected chi connectivity index (χ3v) is 4.21. The molecule has 4 nitrogen and oxygen atoms in total. The smallest absolute Gasteiger partial charge is 0.335 e. The molecule has 0 fully saturated rings. The van der Waals surface area contributed by atoms with Gasteiger partial charge in [-0.2, -0.15) is 5.26 Å². The second kappa shape index (κ2) is 6.29. The van der Waals surface area contributed by atoms with Crippen molar-refractivity contribution in [3.05, 3.63) is 65.0 Å². The molecule has 6 heteroatoms. The number of hydrogen-bond acceptors (Lipinski definition) is 3. The topological polar surface area (TPSA) is 78.2 Å². The van der Waals surface area contributed by atoms with Crippen molar-refractivity contribution in [1.82, 2.24) is 0 Å². The van der Waals surface area contributed by atoms with E-state index in [0.717, 1.165) is 0 Å². The highest BCUT2D eigenvalue weighted by molar-refractivity contribution is 7.84. The van der Waals surface area contributed by atoms with Crippen LogP contribution in [0.3, 0.4) is 0 Å². The third-order valence-electron chi connectivity index (χ3n) is 2.81. The van der Waals surface area contributed by atoms with Crippen LogP contribution in [0.15, 0.2) is 47.4 Å². The average Bonchev–Trinajstić information content (AvgIpc) is 2.49. The molecule has 0 heterocycles. The molecule has 21 heavy (non-hydrogen) atoms. The SMILES string of the molecule is N#Cc1cc(CS(=O)c2ccc(C(=O)O)cc2)ccc1F. The van der Waals surface area contributed by atoms with Gasteiger partial charge in [0.1, 0.15) is 11.9 Å². The Hall–Kier alpha value is -2.52. The lowest BCUT2D eigenvalue weighted by molar-refractivity contribution is 0.0697. The molecule has 0 saturated heterocycles. The van der Waals surface area contributed by atoms with Crippen LogP contribution in [0.25, 0.3) is 0 Å². The zero-order chi connectivity index (χ0) is 15.4. The van der Waals surface area contributed by atoms with E-state index in [1.807, 2.05) is 0 Å². The van der Waals surface area contributed by atoms with E-state index in [0.29, 0.717) is 10.5 Å². The van der Waals surface area contributed by atoms with E-state index in [9.17, 15) is 13.4 Å². The number of carboxylic acids is 1.